The van der Waals surface area contributed by atoms with E-state index >= 15 is 0 Å². The number of hydrogen-bond donors (Lipinski definition) is 0. The van der Waals surface area contributed by atoms with Crippen LogP contribution >= 0.6 is 11.5 Å². The normalized spacial score (nSPS) is 19.8. The highest BCUT2D eigenvalue weighted by atomic mass is 32.1. The molecule has 1 saturated heterocycles. The van der Waals surface area contributed by atoms with E-state index in [0.717, 1.165) is 29.9 Å². The van der Waals surface area contributed by atoms with Gasteiger partial charge in [0.25, 0.3) is 0 Å². The number of morpholine rings is 1. The third kappa shape index (κ3) is 2.53. The van der Waals surface area contributed by atoms with Crippen molar-refractivity contribution >= 4 is 16.7 Å². The van der Waals surface area contributed by atoms with E-state index < -0.39 is 0 Å². The van der Waals surface area contributed by atoms with Crippen molar-refractivity contribution in [2.75, 3.05) is 24.6 Å². The first-order valence-electron chi connectivity index (χ1n) is 6.69. The van der Waals surface area contributed by atoms with Gasteiger partial charge in [0, 0.05) is 31.0 Å². The molecule has 0 radical (unpaired) electrons. The fourth-order valence-electron chi connectivity index (χ4n) is 2.15. The lowest BCUT2D eigenvalue weighted by molar-refractivity contribution is 0.0321. The molecular formula is C12H18N6OS. The molecule has 3 rings (SSSR count). The monoisotopic (exact) mass is 294 g/mol. The SMILES string of the molecule is CC(C)c1nsc(N2CCOC(c3nncn3C)C2)n1. The first-order valence-corrected chi connectivity index (χ1v) is 7.46. The van der Waals surface area contributed by atoms with Crippen LogP contribution in [0.2, 0.25) is 0 Å². The van der Waals surface area contributed by atoms with Crippen molar-refractivity contribution in [3.8, 4) is 0 Å². The summed E-state index contributed by atoms with van der Waals surface area (Å²) in [5.41, 5.74) is 0. The van der Waals surface area contributed by atoms with E-state index in [9.17, 15) is 0 Å². The molecule has 2 aromatic heterocycles. The maximum atomic E-state index is 5.80. The van der Waals surface area contributed by atoms with Crippen LogP contribution in [0.5, 0.6) is 0 Å². The molecule has 0 amide bonds. The van der Waals surface area contributed by atoms with Crippen molar-refractivity contribution in [3.05, 3.63) is 18.0 Å². The molecule has 0 bridgehead atoms. The number of anilines is 1. The van der Waals surface area contributed by atoms with Gasteiger partial charge in [0.1, 0.15) is 18.3 Å². The van der Waals surface area contributed by atoms with Crippen LogP contribution in [0.1, 0.15) is 37.5 Å². The summed E-state index contributed by atoms with van der Waals surface area (Å²) in [6, 6.07) is 0. The van der Waals surface area contributed by atoms with Crippen LogP contribution in [0.15, 0.2) is 6.33 Å². The standard InChI is InChI=1S/C12H18N6OS/c1-8(2)10-14-12(20-16-10)18-4-5-19-9(6-18)11-15-13-7-17(11)3/h7-9H,4-6H2,1-3H3. The smallest absolute Gasteiger partial charge is 0.205 e. The van der Waals surface area contributed by atoms with Crippen molar-refractivity contribution in [2.45, 2.75) is 25.9 Å². The Balaban J connectivity index is 1.76. The molecule has 1 aliphatic heterocycles. The fourth-order valence-corrected chi connectivity index (χ4v) is 2.99. The molecular weight excluding hydrogens is 276 g/mol. The van der Waals surface area contributed by atoms with Crippen LogP contribution in [-0.2, 0) is 11.8 Å². The molecule has 1 unspecified atom stereocenters. The second kappa shape index (κ2) is 5.45. The third-order valence-electron chi connectivity index (χ3n) is 3.32. The van der Waals surface area contributed by atoms with Gasteiger partial charge in [-0.3, -0.25) is 0 Å². The van der Waals surface area contributed by atoms with Crippen molar-refractivity contribution in [3.63, 3.8) is 0 Å². The van der Waals surface area contributed by atoms with Gasteiger partial charge in [0.05, 0.1) is 13.2 Å². The van der Waals surface area contributed by atoms with E-state index in [-0.39, 0.29) is 6.10 Å². The van der Waals surface area contributed by atoms with Gasteiger partial charge in [0.15, 0.2) is 5.82 Å². The Bertz CT molecular complexity index is 580. The van der Waals surface area contributed by atoms with Gasteiger partial charge in [-0.15, -0.1) is 10.2 Å². The van der Waals surface area contributed by atoms with Crippen molar-refractivity contribution in [1.29, 1.82) is 0 Å². The highest BCUT2D eigenvalue weighted by Gasteiger charge is 2.27. The molecule has 0 aliphatic carbocycles. The minimum absolute atomic E-state index is 0.0670. The van der Waals surface area contributed by atoms with Crippen LogP contribution in [0.3, 0.4) is 0 Å². The zero-order valence-corrected chi connectivity index (χ0v) is 12.7. The van der Waals surface area contributed by atoms with Gasteiger partial charge in [-0.1, -0.05) is 13.8 Å². The summed E-state index contributed by atoms with van der Waals surface area (Å²) in [4.78, 5) is 6.82. The van der Waals surface area contributed by atoms with Crippen molar-refractivity contribution < 1.29 is 4.74 Å². The summed E-state index contributed by atoms with van der Waals surface area (Å²) in [5, 5.41) is 9.00. The molecule has 0 aromatic carbocycles. The molecule has 1 atom stereocenters. The minimum Gasteiger partial charge on any atom is -0.366 e. The molecule has 3 heterocycles. The minimum atomic E-state index is -0.0670. The van der Waals surface area contributed by atoms with E-state index in [0.29, 0.717) is 12.5 Å². The number of nitrogens with zero attached hydrogens (tertiary/aromatic N) is 6. The van der Waals surface area contributed by atoms with Gasteiger partial charge < -0.3 is 14.2 Å². The van der Waals surface area contributed by atoms with Crippen molar-refractivity contribution in [1.82, 2.24) is 24.1 Å². The summed E-state index contributed by atoms with van der Waals surface area (Å²) in [5.74, 6) is 2.12. The molecule has 0 N–H and O–H groups in total. The topological polar surface area (TPSA) is 69.0 Å². The van der Waals surface area contributed by atoms with E-state index in [4.69, 9.17) is 4.74 Å². The summed E-state index contributed by atoms with van der Waals surface area (Å²) < 4.78 is 12.1. The van der Waals surface area contributed by atoms with Gasteiger partial charge in [-0.2, -0.15) is 4.37 Å². The molecule has 2 aromatic rings. The van der Waals surface area contributed by atoms with E-state index in [1.54, 1.807) is 6.33 Å². The van der Waals surface area contributed by atoms with Crippen LogP contribution in [0, 0.1) is 0 Å². The lowest BCUT2D eigenvalue weighted by Crippen LogP contribution is -2.39. The number of ether oxygens (including phenoxy) is 1. The highest BCUT2D eigenvalue weighted by molar-refractivity contribution is 7.09. The Morgan fingerprint density at radius 3 is 2.95 bits per heavy atom. The molecule has 8 heteroatoms. The van der Waals surface area contributed by atoms with Gasteiger partial charge in [0.2, 0.25) is 5.13 Å². The quantitative estimate of drug-likeness (QED) is 0.851. The Kier molecular flexibility index (Phi) is 3.66. The van der Waals surface area contributed by atoms with Crippen LogP contribution in [0.4, 0.5) is 5.13 Å². The maximum absolute atomic E-state index is 5.80. The molecule has 20 heavy (non-hydrogen) atoms. The van der Waals surface area contributed by atoms with E-state index in [2.05, 4.69) is 38.3 Å². The summed E-state index contributed by atoms with van der Waals surface area (Å²) >= 11 is 1.45. The van der Waals surface area contributed by atoms with Crippen LogP contribution in [-0.4, -0.2) is 43.8 Å². The second-order valence-corrected chi connectivity index (χ2v) is 5.93. The predicted molar refractivity (Wildman–Crippen MR) is 75.9 cm³/mol. The Labute approximate surface area is 121 Å². The maximum Gasteiger partial charge on any atom is 0.205 e. The molecule has 1 fully saturated rings. The summed E-state index contributed by atoms with van der Waals surface area (Å²) in [6.07, 6.45) is 1.63. The predicted octanol–water partition coefficient (Wildman–Crippen LogP) is 1.37. The first-order chi connectivity index (χ1) is 9.65. The number of hydrogen-bond acceptors (Lipinski definition) is 7. The molecule has 0 spiro atoms. The number of aromatic nitrogens is 5. The van der Waals surface area contributed by atoms with Gasteiger partial charge in [-0.25, -0.2) is 4.98 Å². The Morgan fingerprint density at radius 1 is 1.45 bits per heavy atom. The average molecular weight is 294 g/mol. The molecule has 1 aliphatic rings. The largest absolute Gasteiger partial charge is 0.366 e. The first kappa shape index (κ1) is 13.4. The molecule has 0 saturated carbocycles. The van der Waals surface area contributed by atoms with Gasteiger partial charge >= 0.3 is 0 Å². The molecule has 108 valence electrons. The average Bonchev–Trinajstić information content (AvgIpc) is 3.07. The lowest BCUT2D eigenvalue weighted by Gasteiger charge is -2.31. The molecule has 7 nitrogen and oxygen atoms in total. The summed E-state index contributed by atoms with van der Waals surface area (Å²) in [7, 11) is 1.93. The number of aryl methyl sites for hydroxylation is 1. The Morgan fingerprint density at radius 2 is 2.30 bits per heavy atom. The fraction of sp³-hybridized carbons (Fsp3) is 0.667. The summed E-state index contributed by atoms with van der Waals surface area (Å²) in [6.45, 7) is 6.44. The zero-order valence-electron chi connectivity index (χ0n) is 11.9. The highest BCUT2D eigenvalue weighted by Crippen LogP contribution is 2.27. The third-order valence-corrected chi connectivity index (χ3v) is 4.11. The van der Waals surface area contributed by atoms with E-state index in [1.165, 1.54) is 11.5 Å². The van der Waals surface area contributed by atoms with Gasteiger partial charge in [-0.05, 0) is 0 Å². The number of rotatable bonds is 3. The Hall–Kier alpha value is -1.54. The van der Waals surface area contributed by atoms with Crippen LogP contribution < -0.4 is 4.90 Å². The second-order valence-electron chi connectivity index (χ2n) is 5.20. The zero-order chi connectivity index (χ0) is 14.1. The van der Waals surface area contributed by atoms with E-state index in [1.807, 2.05) is 11.6 Å². The lowest BCUT2D eigenvalue weighted by atomic mass is 10.2. The van der Waals surface area contributed by atoms with Crippen molar-refractivity contribution in [2.24, 2.45) is 7.05 Å². The van der Waals surface area contributed by atoms with Crippen LogP contribution in [0.25, 0.3) is 0 Å².